The summed E-state index contributed by atoms with van der Waals surface area (Å²) in [5, 5.41) is 31.3. The van der Waals surface area contributed by atoms with Gasteiger partial charge in [-0.05, 0) is 68.2 Å². The van der Waals surface area contributed by atoms with Crippen LogP contribution in [0.5, 0.6) is 0 Å². The van der Waals surface area contributed by atoms with E-state index in [2.05, 4.69) is 20.8 Å². The molecule has 1 aliphatic heterocycles. The molecule has 0 aromatic carbocycles. The number of aliphatic hydroxyl groups excluding tert-OH is 3. The molecule has 1 saturated heterocycles. The molecule has 3 N–H and O–H groups in total. The van der Waals surface area contributed by atoms with Crippen LogP contribution in [-0.4, -0.2) is 50.8 Å². The van der Waals surface area contributed by atoms with E-state index in [1.165, 1.54) is 4.90 Å². The predicted molar refractivity (Wildman–Crippen MR) is 141 cm³/mol. The van der Waals surface area contributed by atoms with Crippen LogP contribution in [0.3, 0.4) is 0 Å². The Kier molecular flexibility index (Phi) is 9.09. The van der Waals surface area contributed by atoms with Crippen molar-refractivity contribution in [1.29, 1.82) is 0 Å². The maximum absolute atomic E-state index is 13.7. The maximum Gasteiger partial charge on any atom is 0.234 e. The lowest BCUT2D eigenvalue weighted by atomic mass is 9.66. The van der Waals surface area contributed by atoms with Gasteiger partial charge in [0.2, 0.25) is 11.8 Å². The highest BCUT2D eigenvalue weighted by atomic mass is 16.4. The Morgan fingerprint density at radius 1 is 1.14 bits per heavy atom. The van der Waals surface area contributed by atoms with Crippen LogP contribution in [0.15, 0.2) is 33.3 Å². The van der Waals surface area contributed by atoms with E-state index in [1.54, 1.807) is 6.07 Å². The summed E-state index contributed by atoms with van der Waals surface area (Å²) in [5.41, 5.74) is 2.89. The number of nitrogens with zero attached hydrogens (tertiary/aromatic N) is 1. The van der Waals surface area contributed by atoms with Crippen LogP contribution in [0.2, 0.25) is 0 Å². The zero-order valence-electron chi connectivity index (χ0n) is 22.5. The van der Waals surface area contributed by atoms with Crippen LogP contribution in [0.25, 0.3) is 6.08 Å². The van der Waals surface area contributed by atoms with Crippen molar-refractivity contribution in [1.82, 2.24) is 4.90 Å². The molecule has 2 heterocycles. The molecule has 1 aromatic heterocycles. The standard InChI is InChI=1S/C30H43NO6/c1-4-19(14-21-11-12-22(16-32)37-21)10-13-26(34)27-23(18(2)3)15-24-28(25(27)17-33)30(36)31(29(24)35)20-8-6-5-7-9-20/h11-12,14,18,20,24-26,28,32-34H,4-10,13,15-17H2,1-3H3/b19-14+/t24-,25+,26-,28-/m1/s1. The van der Waals surface area contributed by atoms with Crippen molar-refractivity contribution in [3.63, 3.8) is 0 Å². The van der Waals surface area contributed by atoms with Crippen molar-refractivity contribution in [3.05, 3.63) is 40.4 Å². The van der Waals surface area contributed by atoms with Crippen molar-refractivity contribution in [2.45, 2.75) is 97.3 Å². The van der Waals surface area contributed by atoms with Crippen molar-refractivity contribution in [3.8, 4) is 0 Å². The first-order valence-corrected chi connectivity index (χ1v) is 14.1. The second kappa shape index (κ2) is 12.1. The lowest BCUT2D eigenvalue weighted by Gasteiger charge is -2.38. The van der Waals surface area contributed by atoms with Gasteiger partial charge in [0, 0.05) is 12.0 Å². The summed E-state index contributed by atoms with van der Waals surface area (Å²) in [6.07, 6.45) is 8.44. The fourth-order valence-corrected chi connectivity index (χ4v) is 6.75. The SMILES string of the molecule is CC/C(=C\c1ccc(CO)o1)CC[C@@H](O)C1=C(C(C)C)C[C@H]2C(=O)N(C3CCCCC3)C(=O)[C@H]2[C@H]1CO. The normalized spacial score (nSPS) is 26.4. The Bertz CT molecular complexity index is 1030. The number of furan rings is 1. The number of aliphatic hydroxyl groups is 3. The minimum Gasteiger partial charge on any atom is -0.459 e. The molecule has 1 aromatic rings. The number of rotatable bonds is 10. The number of imide groups is 1. The summed E-state index contributed by atoms with van der Waals surface area (Å²) >= 11 is 0. The molecule has 0 bridgehead atoms. The Labute approximate surface area is 220 Å². The minimum absolute atomic E-state index is 0.0280. The zero-order valence-corrected chi connectivity index (χ0v) is 22.5. The van der Waals surface area contributed by atoms with E-state index < -0.39 is 23.9 Å². The van der Waals surface area contributed by atoms with Gasteiger partial charge in [-0.25, -0.2) is 0 Å². The van der Waals surface area contributed by atoms with E-state index in [1.807, 2.05) is 12.1 Å². The van der Waals surface area contributed by atoms with Crippen LogP contribution >= 0.6 is 0 Å². The van der Waals surface area contributed by atoms with Gasteiger partial charge in [0.25, 0.3) is 0 Å². The molecule has 0 radical (unpaired) electrons. The van der Waals surface area contributed by atoms with Gasteiger partial charge in [0.05, 0.1) is 24.5 Å². The van der Waals surface area contributed by atoms with Crippen LogP contribution in [-0.2, 0) is 16.2 Å². The van der Waals surface area contributed by atoms with Gasteiger partial charge in [0.15, 0.2) is 0 Å². The number of amides is 2. The topological polar surface area (TPSA) is 111 Å². The highest BCUT2D eigenvalue weighted by Crippen LogP contribution is 2.49. The summed E-state index contributed by atoms with van der Waals surface area (Å²) in [4.78, 5) is 28.7. The molecule has 4 atom stereocenters. The molecule has 0 unspecified atom stereocenters. The summed E-state index contributed by atoms with van der Waals surface area (Å²) in [6.45, 7) is 5.77. The summed E-state index contributed by atoms with van der Waals surface area (Å²) in [6, 6.07) is 3.54. The van der Waals surface area contributed by atoms with E-state index in [4.69, 9.17) is 4.42 Å². The third-order valence-electron chi connectivity index (χ3n) is 8.72. The second-order valence-corrected chi connectivity index (χ2v) is 11.3. The number of likely N-dealkylation sites (tertiary alicyclic amines) is 1. The van der Waals surface area contributed by atoms with E-state index in [-0.39, 0.29) is 37.0 Å². The van der Waals surface area contributed by atoms with E-state index in [0.29, 0.717) is 30.8 Å². The largest absolute Gasteiger partial charge is 0.459 e. The Morgan fingerprint density at radius 3 is 2.46 bits per heavy atom. The zero-order chi connectivity index (χ0) is 26.7. The second-order valence-electron chi connectivity index (χ2n) is 11.3. The van der Waals surface area contributed by atoms with Gasteiger partial charge in [-0.15, -0.1) is 0 Å². The summed E-state index contributed by atoms with van der Waals surface area (Å²) in [7, 11) is 0. The third-order valence-corrected chi connectivity index (χ3v) is 8.72. The van der Waals surface area contributed by atoms with Crippen molar-refractivity contribution >= 4 is 17.9 Å². The number of hydrogen-bond acceptors (Lipinski definition) is 6. The molecule has 2 aliphatic carbocycles. The van der Waals surface area contributed by atoms with Crippen molar-refractivity contribution in [2.24, 2.45) is 23.7 Å². The number of carbonyl (C=O) groups excluding carboxylic acids is 2. The fraction of sp³-hybridized carbons (Fsp3) is 0.667. The smallest absolute Gasteiger partial charge is 0.234 e. The van der Waals surface area contributed by atoms with Gasteiger partial charge in [-0.3, -0.25) is 14.5 Å². The first-order valence-electron chi connectivity index (χ1n) is 14.1. The molecule has 7 heteroatoms. The van der Waals surface area contributed by atoms with Gasteiger partial charge in [0.1, 0.15) is 18.1 Å². The number of hydrogen-bond donors (Lipinski definition) is 3. The monoisotopic (exact) mass is 513 g/mol. The molecule has 204 valence electrons. The molecule has 3 aliphatic rings. The highest BCUT2D eigenvalue weighted by molar-refractivity contribution is 6.06. The molecule has 1 saturated carbocycles. The van der Waals surface area contributed by atoms with E-state index >= 15 is 0 Å². The number of fused-ring (bicyclic) bond motifs is 1. The van der Waals surface area contributed by atoms with Crippen molar-refractivity contribution in [2.75, 3.05) is 6.61 Å². The molecular formula is C30H43NO6. The van der Waals surface area contributed by atoms with Crippen LogP contribution < -0.4 is 0 Å². The first kappa shape index (κ1) is 27.8. The van der Waals surface area contributed by atoms with Gasteiger partial charge in [-0.2, -0.15) is 0 Å². The van der Waals surface area contributed by atoms with Gasteiger partial charge in [-0.1, -0.05) is 51.2 Å². The van der Waals surface area contributed by atoms with Crippen LogP contribution in [0, 0.1) is 23.7 Å². The predicted octanol–water partition coefficient (Wildman–Crippen LogP) is 4.61. The molecule has 7 nitrogen and oxygen atoms in total. The average Bonchev–Trinajstić information content (AvgIpc) is 3.47. The Morgan fingerprint density at radius 2 is 1.86 bits per heavy atom. The summed E-state index contributed by atoms with van der Waals surface area (Å²) < 4.78 is 5.60. The third kappa shape index (κ3) is 5.64. The Balaban J connectivity index is 1.56. The maximum atomic E-state index is 13.7. The molecule has 2 fully saturated rings. The average molecular weight is 514 g/mol. The van der Waals surface area contributed by atoms with Crippen LogP contribution in [0.4, 0.5) is 0 Å². The molecule has 0 spiro atoms. The number of carbonyl (C=O) groups is 2. The van der Waals surface area contributed by atoms with Crippen molar-refractivity contribution < 1.29 is 29.3 Å². The fourth-order valence-electron chi connectivity index (χ4n) is 6.75. The molecule has 37 heavy (non-hydrogen) atoms. The molecule has 2 amide bonds. The van der Waals surface area contributed by atoms with E-state index in [0.717, 1.165) is 55.2 Å². The summed E-state index contributed by atoms with van der Waals surface area (Å²) in [5.74, 6) is -0.518. The lowest BCUT2D eigenvalue weighted by molar-refractivity contribution is -0.143. The van der Waals surface area contributed by atoms with Gasteiger partial charge < -0.3 is 19.7 Å². The lowest BCUT2D eigenvalue weighted by Crippen LogP contribution is -2.42. The quantitative estimate of drug-likeness (QED) is 0.311. The minimum atomic E-state index is -0.804. The number of allylic oxidation sites excluding steroid dienone is 2. The van der Waals surface area contributed by atoms with Crippen LogP contribution in [0.1, 0.15) is 90.1 Å². The first-order chi connectivity index (χ1) is 17.8. The highest BCUT2D eigenvalue weighted by Gasteiger charge is 2.56. The Hall–Kier alpha value is -2.22. The van der Waals surface area contributed by atoms with Gasteiger partial charge >= 0.3 is 0 Å². The molecular weight excluding hydrogens is 470 g/mol. The molecule has 4 rings (SSSR count). The van der Waals surface area contributed by atoms with E-state index in [9.17, 15) is 24.9 Å².